The summed E-state index contributed by atoms with van der Waals surface area (Å²) in [6.07, 6.45) is 1.83. The van der Waals surface area contributed by atoms with Crippen LogP contribution in [0.3, 0.4) is 0 Å². The van der Waals surface area contributed by atoms with E-state index < -0.39 is 0 Å². The van der Waals surface area contributed by atoms with Crippen LogP contribution >= 0.6 is 0 Å². The lowest BCUT2D eigenvalue weighted by Crippen LogP contribution is -1.98. The number of fused-ring (bicyclic) bond motifs is 3. The minimum Gasteiger partial charge on any atom is -0.256 e. The normalized spacial score (nSPS) is 11.3. The molecule has 0 spiro atoms. The van der Waals surface area contributed by atoms with E-state index in [1.807, 2.05) is 30.5 Å². The number of benzene rings is 8. The van der Waals surface area contributed by atoms with Crippen LogP contribution in [0.25, 0.3) is 99.7 Å². The minimum absolute atomic E-state index is 0.672. The molecule has 0 radical (unpaired) electrons. The first-order valence-corrected chi connectivity index (χ1v) is 18.3. The molecule has 0 aliphatic carbocycles. The molecule has 0 atom stereocenters. The third kappa shape index (κ3) is 5.60. The Morgan fingerprint density at radius 3 is 1.52 bits per heavy atom. The number of pyridine rings is 1. The van der Waals surface area contributed by atoms with Crippen LogP contribution in [0, 0.1) is 0 Å². The first-order valence-electron chi connectivity index (χ1n) is 18.3. The number of hydrogen-bond donors (Lipinski definition) is 0. The first-order chi connectivity index (χ1) is 26.8. The zero-order chi connectivity index (χ0) is 35.8. The Balaban J connectivity index is 1.18. The Labute approximate surface area is 313 Å². The van der Waals surface area contributed by atoms with E-state index >= 15 is 0 Å². The molecule has 54 heavy (non-hydrogen) atoms. The molecular formula is C51H33N3. The molecule has 10 rings (SSSR count). The van der Waals surface area contributed by atoms with Crippen LogP contribution in [0.2, 0.25) is 0 Å². The van der Waals surface area contributed by atoms with Crippen LogP contribution < -0.4 is 0 Å². The Morgan fingerprint density at radius 1 is 0.296 bits per heavy atom. The van der Waals surface area contributed by atoms with Crippen LogP contribution in [-0.4, -0.2) is 15.0 Å². The van der Waals surface area contributed by atoms with E-state index in [2.05, 4.69) is 175 Å². The highest BCUT2D eigenvalue weighted by molar-refractivity contribution is 6.21. The Hall–Kier alpha value is -7.23. The monoisotopic (exact) mass is 687 g/mol. The fourth-order valence-electron chi connectivity index (χ4n) is 7.83. The molecule has 2 heterocycles. The van der Waals surface area contributed by atoms with Gasteiger partial charge in [-0.1, -0.05) is 164 Å². The quantitative estimate of drug-likeness (QED) is 0.163. The van der Waals surface area contributed by atoms with Crippen molar-refractivity contribution in [2.45, 2.75) is 0 Å². The zero-order valence-electron chi connectivity index (χ0n) is 29.4. The SMILES string of the molecule is c1ccc(-c2cc(-c3ccccc3-c3ccccn3)nc(-c3cccc(-c4c5ccccc5c(-c5ccc6ccccc6c5)c5ccccc45)c3)n2)cc1. The van der Waals surface area contributed by atoms with Crippen molar-refractivity contribution in [3.8, 4) is 67.4 Å². The third-order valence-electron chi connectivity index (χ3n) is 10.3. The highest BCUT2D eigenvalue weighted by atomic mass is 14.9. The van der Waals surface area contributed by atoms with Gasteiger partial charge in [0, 0.05) is 28.5 Å². The Kier molecular flexibility index (Phi) is 7.81. The van der Waals surface area contributed by atoms with Crippen molar-refractivity contribution in [2.75, 3.05) is 0 Å². The maximum Gasteiger partial charge on any atom is 0.160 e. The predicted molar refractivity (Wildman–Crippen MR) is 225 cm³/mol. The maximum absolute atomic E-state index is 5.28. The fourth-order valence-corrected chi connectivity index (χ4v) is 7.83. The molecule has 3 nitrogen and oxygen atoms in total. The van der Waals surface area contributed by atoms with Gasteiger partial charge in [-0.2, -0.15) is 0 Å². The van der Waals surface area contributed by atoms with Crippen molar-refractivity contribution in [3.05, 3.63) is 200 Å². The van der Waals surface area contributed by atoms with E-state index in [9.17, 15) is 0 Å². The second kappa shape index (κ2) is 13.4. The summed E-state index contributed by atoms with van der Waals surface area (Å²) >= 11 is 0. The van der Waals surface area contributed by atoms with E-state index in [4.69, 9.17) is 9.97 Å². The largest absolute Gasteiger partial charge is 0.256 e. The van der Waals surface area contributed by atoms with Crippen molar-refractivity contribution in [1.29, 1.82) is 0 Å². The lowest BCUT2D eigenvalue weighted by molar-refractivity contribution is 1.18. The molecule has 2 aromatic heterocycles. The summed E-state index contributed by atoms with van der Waals surface area (Å²) in [5, 5.41) is 7.34. The lowest BCUT2D eigenvalue weighted by atomic mass is 9.85. The highest BCUT2D eigenvalue weighted by Crippen LogP contribution is 2.45. The predicted octanol–water partition coefficient (Wildman–Crippen LogP) is 13.3. The average Bonchev–Trinajstić information content (AvgIpc) is 3.26. The Bertz CT molecular complexity index is 2930. The molecule has 0 aliphatic rings. The summed E-state index contributed by atoms with van der Waals surface area (Å²) in [5.74, 6) is 0.672. The number of rotatable bonds is 6. The van der Waals surface area contributed by atoms with Crippen LogP contribution in [0.5, 0.6) is 0 Å². The van der Waals surface area contributed by atoms with Crippen molar-refractivity contribution < 1.29 is 0 Å². The van der Waals surface area contributed by atoms with E-state index in [1.165, 1.54) is 49.0 Å². The van der Waals surface area contributed by atoms with Gasteiger partial charge in [0.25, 0.3) is 0 Å². The molecule has 0 saturated carbocycles. The zero-order valence-corrected chi connectivity index (χ0v) is 29.4. The molecule has 10 aromatic rings. The van der Waals surface area contributed by atoms with Gasteiger partial charge < -0.3 is 0 Å². The van der Waals surface area contributed by atoms with Gasteiger partial charge in [-0.15, -0.1) is 0 Å². The highest BCUT2D eigenvalue weighted by Gasteiger charge is 2.19. The second-order valence-electron chi connectivity index (χ2n) is 13.6. The van der Waals surface area contributed by atoms with Gasteiger partial charge >= 0.3 is 0 Å². The van der Waals surface area contributed by atoms with Gasteiger partial charge in [-0.3, -0.25) is 4.98 Å². The van der Waals surface area contributed by atoms with E-state index in [0.717, 1.165) is 44.9 Å². The summed E-state index contributed by atoms with van der Waals surface area (Å²) < 4.78 is 0. The topological polar surface area (TPSA) is 38.7 Å². The van der Waals surface area contributed by atoms with Crippen molar-refractivity contribution in [2.24, 2.45) is 0 Å². The second-order valence-corrected chi connectivity index (χ2v) is 13.6. The summed E-state index contributed by atoms with van der Waals surface area (Å²) in [6.45, 7) is 0. The van der Waals surface area contributed by atoms with Gasteiger partial charge in [0.05, 0.1) is 17.1 Å². The molecule has 0 aliphatic heterocycles. The van der Waals surface area contributed by atoms with Gasteiger partial charge in [0.1, 0.15) is 0 Å². The molecule has 252 valence electrons. The van der Waals surface area contributed by atoms with Crippen LogP contribution in [-0.2, 0) is 0 Å². The van der Waals surface area contributed by atoms with E-state index in [-0.39, 0.29) is 0 Å². The molecule has 3 heteroatoms. The van der Waals surface area contributed by atoms with Gasteiger partial charge in [0.2, 0.25) is 0 Å². The molecule has 0 saturated heterocycles. The molecule has 0 bridgehead atoms. The molecular weight excluding hydrogens is 655 g/mol. The average molecular weight is 688 g/mol. The minimum atomic E-state index is 0.672. The van der Waals surface area contributed by atoms with Crippen molar-refractivity contribution in [3.63, 3.8) is 0 Å². The lowest BCUT2D eigenvalue weighted by Gasteiger charge is -2.18. The number of hydrogen-bond acceptors (Lipinski definition) is 3. The molecule has 0 amide bonds. The van der Waals surface area contributed by atoms with Crippen molar-refractivity contribution in [1.82, 2.24) is 15.0 Å². The fraction of sp³-hybridized carbons (Fsp3) is 0. The van der Waals surface area contributed by atoms with Crippen molar-refractivity contribution >= 4 is 32.3 Å². The molecule has 0 unspecified atom stereocenters. The smallest absolute Gasteiger partial charge is 0.160 e. The maximum atomic E-state index is 5.28. The first kappa shape index (κ1) is 31.5. The molecule has 0 N–H and O–H groups in total. The van der Waals surface area contributed by atoms with Crippen LogP contribution in [0.15, 0.2) is 200 Å². The number of nitrogens with zero attached hydrogens (tertiary/aromatic N) is 3. The van der Waals surface area contributed by atoms with E-state index in [1.54, 1.807) is 0 Å². The van der Waals surface area contributed by atoms with Gasteiger partial charge in [-0.25, -0.2) is 9.97 Å². The third-order valence-corrected chi connectivity index (χ3v) is 10.3. The van der Waals surface area contributed by atoms with Gasteiger partial charge in [-0.05, 0) is 84.9 Å². The standard InChI is InChI=1S/C51H33N3/c1-2-16-35(17-3-1)47-33-48(41-22-7-6-21-40(41)46-27-12-13-30-52-46)54-51(53-47)39-20-14-19-37(32-39)49-42-23-8-10-25-44(42)50(45-26-11-9-24-43(45)49)38-29-28-34-15-4-5-18-36(34)31-38/h1-33H. The Morgan fingerprint density at radius 2 is 0.833 bits per heavy atom. The summed E-state index contributed by atoms with van der Waals surface area (Å²) in [5.41, 5.74) is 11.4. The molecule has 8 aromatic carbocycles. The summed E-state index contributed by atoms with van der Waals surface area (Å²) in [6, 6.07) is 68.5. The van der Waals surface area contributed by atoms with Gasteiger partial charge in [0.15, 0.2) is 5.82 Å². The summed E-state index contributed by atoms with van der Waals surface area (Å²) in [4.78, 5) is 15.2. The molecule has 0 fully saturated rings. The van der Waals surface area contributed by atoms with E-state index in [0.29, 0.717) is 5.82 Å². The summed E-state index contributed by atoms with van der Waals surface area (Å²) in [7, 11) is 0. The van der Waals surface area contributed by atoms with Crippen LogP contribution in [0.4, 0.5) is 0 Å². The van der Waals surface area contributed by atoms with Crippen LogP contribution in [0.1, 0.15) is 0 Å². The number of aromatic nitrogens is 3.